The summed E-state index contributed by atoms with van der Waals surface area (Å²) in [5.74, 6) is 0.111. The molecule has 88 valence electrons. The number of furan rings is 1. The van der Waals surface area contributed by atoms with E-state index in [1.54, 1.807) is 36.4 Å². The Morgan fingerprint density at radius 3 is 2.56 bits per heavy atom. The van der Waals surface area contributed by atoms with Crippen molar-refractivity contribution in [1.82, 2.24) is 0 Å². The summed E-state index contributed by atoms with van der Waals surface area (Å²) in [5.41, 5.74) is 0.436. The van der Waals surface area contributed by atoms with Crippen LogP contribution in [0, 0.1) is 11.3 Å². The smallest absolute Gasteiger partial charge is 0.203 e. The molecule has 0 N–H and O–H groups in total. The highest BCUT2D eigenvalue weighted by atomic mass is 35.5. The lowest BCUT2D eigenvalue weighted by Crippen LogP contribution is -2.01. The maximum atomic E-state index is 12.0. The van der Waals surface area contributed by atoms with E-state index in [4.69, 9.17) is 21.3 Å². The SMILES string of the molecule is N#C/C(=C\c1ccco1)C(=O)c1ccc(Cl)cc1. The molecule has 2 aromatic rings. The summed E-state index contributed by atoms with van der Waals surface area (Å²) < 4.78 is 5.07. The Hall–Kier alpha value is -2.31. The molecular weight excluding hydrogens is 250 g/mol. The van der Waals surface area contributed by atoms with E-state index < -0.39 is 0 Å². The van der Waals surface area contributed by atoms with Crippen LogP contribution in [0.25, 0.3) is 6.08 Å². The van der Waals surface area contributed by atoms with Gasteiger partial charge in [-0.15, -0.1) is 0 Å². The molecule has 4 heteroatoms. The van der Waals surface area contributed by atoms with Gasteiger partial charge < -0.3 is 4.42 Å². The molecule has 0 aliphatic carbocycles. The van der Waals surface area contributed by atoms with Gasteiger partial charge in [0.05, 0.1) is 6.26 Å². The van der Waals surface area contributed by atoms with Crippen molar-refractivity contribution in [1.29, 1.82) is 5.26 Å². The zero-order chi connectivity index (χ0) is 13.0. The summed E-state index contributed by atoms with van der Waals surface area (Å²) in [6, 6.07) is 11.6. The van der Waals surface area contributed by atoms with Crippen LogP contribution in [0.15, 0.2) is 52.7 Å². The number of hydrogen-bond donors (Lipinski definition) is 0. The lowest BCUT2D eigenvalue weighted by atomic mass is 10.0. The zero-order valence-electron chi connectivity index (χ0n) is 9.26. The van der Waals surface area contributed by atoms with Gasteiger partial charge in [-0.2, -0.15) is 5.26 Å². The predicted octanol–water partition coefficient (Wildman–Crippen LogP) is 3.72. The van der Waals surface area contributed by atoms with Crippen LogP contribution >= 0.6 is 11.6 Å². The first-order valence-corrected chi connectivity index (χ1v) is 5.54. The van der Waals surface area contributed by atoms with E-state index >= 15 is 0 Å². The van der Waals surface area contributed by atoms with E-state index in [-0.39, 0.29) is 11.4 Å². The molecule has 0 fully saturated rings. The average molecular weight is 258 g/mol. The van der Waals surface area contributed by atoms with Crippen LogP contribution in [-0.4, -0.2) is 5.78 Å². The Kier molecular flexibility index (Phi) is 3.61. The van der Waals surface area contributed by atoms with E-state index in [1.807, 2.05) is 6.07 Å². The number of Topliss-reactive ketones (excluding diaryl/α,β-unsaturated/α-hetero) is 1. The number of benzene rings is 1. The minimum Gasteiger partial charge on any atom is -0.465 e. The fourth-order valence-electron chi connectivity index (χ4n) is 1.42. The summed E-state index contributed by atoms with van der Waals surface area (Å²) in [5, 5.41) is 9.55. The third kappa shape index (κ3) is 2.68. The lowest BCUT2D eigenvalue weighted by Gasteiger charge is -1.98. The number of rotatable bonds is 3. The second kappa shape index (κ2) is 5.35. The monoisotopic (exact) mass is 257 g/mol. The van der Waals surface area contributed by atoms with Gasteiger partial charge in [0.15, 0.2) is 0 Å². The van der Waals surface area contributed by atoms with Gasteiger partial charge in [-0.3, -0.25) is 4.79 Å². The molecule has 0 amide bonds. The van der Waals surface area contributed by atoms with E-state index in [0.29, 0.717) is 16.3 Å². The number of carbonyl (C=O) groups is 1. The van der Waals surface area contributed by atoms with E-state index in [9.17, 15) is 4.79 Å². The van der Waals surface area contributed by atoms with Gasteiger partial charge in [-0.1, -0.05) is 11.6 Å². The van der Waals surface area contributed by atoms with Crippen LogP contribution in [-0.2, 0) is 0 Å². The lowest BCUT2D eigenvalue weighted by molar-refractivity contribution is 0.104. The van der Waals surface area contributed by atoms with Crippen LogP contribution in [0.5, 0.6) is 0 Å². The van der Waals surface area contributed by atoms with Crippen molar-refractivity contribution in [2.75, 3.05) is 0 Å². The fraction of sp³-hybridized carbons (Fsp3) is 0. The molecule has 0 aliphatic heterocycles. The van der Waals surface area contributed by atoms with Crippen LogP contribution in [0.1, 0.15) is 16.1 Å². The molecule has 0 unspecified atom stereocenters. The fourth-order valence-corrected chi connectivity index (χ4v) is 1.55. The van der Waals surface area contributed by atoms with Crippen molar-refractivity contribution in [2.24, 2.45) is 0 Å². The molecular formula is C14H8ClNO2. The Morgan fingerprint density at radius 1 is 1.28 bits per heavy atom. The first-order chi connectivity index (χ1) is 8.70. The van der Waals surface area contributed by atoms with Gasteiger partial charge in [0.1, 0.15) is 17.4 Å². The Morgan fingerprint density at radius 2 is 2.00 bits per heavy atom. The first kappa shape index (κ1) is 12.2. The van der Waals surface area contributed by atoms with E-state index in [0.717, 1.165) is 0 Å². The minimum absolute atomic E-state index is 0.0206. The van der Waals surface area contributed by atoms with Crippen molar-refractivity contribution in [2.45, 2.75) is 0 Å². The molecule has 1 heterocycles. The van der Waals surface area contributed by atoms with Gasteiger partial charge >= 0.3 is 0 Å². The first-order valence-electron chi connectivity index (χ1n) is 5.16. The van der Waals surface area contributed by atoms with Crippen molar-refractivity contribution >= 4 is 23.5 Å². The van der Waals surface area contributed by atoms with Crippen LogP contribution < -0.4 is 0 Å². The maximum absolute atomic E-state index is 12.0. The Balaban J connectivity index is 2.32. The van der Waals surface area contributed by atoms with Crippen molar-refractivity contribution in [3.05, 3.63) is 64.6 Å². The number of ketones is 1. The molecule has 18 heavy (non-hydrogen) atoms. The van der Waals surface area contributed by atoms with Crippen LogP contribution in [0.2, 0.25) is 5.02 Å². The number of nitriles is 1. The van der Waals surface area contributed by atoms with Crippen molar-refractivity contribution in [3.8, 4) is 6.07 Å². The van der Waals surface area contributed by atoms with Crippen LogP contribution in [0.4, 0.5) is 0 Å². The number of nitrogens with zero attached hydrogens (tertiary/aromatic N) is 1. The molecule has 1 aromatic carbocycles. The molecule has 3 nitrogen and oxygen atoms in total. The molecule has 1 aromatic heterocycles. The number of halogens is 1. The molecule has 2 rings (SSSR count). The predicted molar refractivity (Wildman–Crippen MR) is 68.1 cm³/mol. The van der Waals surface area contributed by atoms with E-state index in [2.05, 4.69) is 0 Å². The van der Waals surface area contributed by atoms with Gasteiger partial charge in [-0.25, -0.2) is 0 Å². The summed E-state index contributed by atoms with van der Waals surface area (Å²) in [4.78, 5) is 12.0. The van der Waals surface area contributed by atoms with Crippen molar-refractivity contribution in [3.63, 3.8) is 0 Å². The topological polar surface area (TPSA) is 54.0 Å². The quantitative estimate of drug-likeness (QED) is 0.478. The van der Waals surface area contributed by atoms with Crippen LogP contribution in [0.3, 0.4) is 0 Å². The van der Waals surface area contributed by atoms with E-state index in [1.165, 1.54) is 12.3 Å². The molecule has 0 saturated heterocycles. The number of hydrogen-bond acceptors (Lipinski definition) is 3. The largest absolute Gasteiger partial charge is 0.465 e. The maximum Gasteiger partial charge on any atom is 0.203 e. The highest BCUT2D eigenvalue weighted by Crippen LogP contribution is 2.15. The third-order valence-electron chi connectivity index (χ3n) is 2.30. The molecule has 0 bridgehead atoms. The van der Waals surface area contributed by atoms with Gasteiger partial charge in [0, 0.05) is 16.7 Å². The third-order valence-corrected chi connectivity index (χ3v) is 2.55. The van der Waals surface area contributed by atoms with Gasteiger partial charge in [0.25, 0.3) is 0 Å². The normalized spacial score (nSPS) is 11.0. The highest BCUT2D eigenvalue weighted by molar-refractivity contribution is 6.30. The Bertz CT molecular complexity index is 619. The molecule has 0 radical (unpaired) electrons. The highest BCUT2D eigenvalue weighted by Gasteiger charge is 2.12. The number of allylic oxidation sites excluding steroid dienone is 1. The number of carbonyl (C=O) groups excluding carboxylic acids is 1. The van der Waals surface area contributed by atoms with Crippen molar-refractivity contribution < 1.29 is 9.21 Å². The zero-order valence-corrected chi connectivity index (χ0v) is 10.0. The van der Waals surface area contributed by atoms with Gasteiger partial charge in [-0.05, 0) is 36.4 Å². The minimum atomic E-state index is -0.356. The molecule has 0 atom stereocenters. The summed E-state index contributed by atoms with van der Waals surface area (Å²) in [7, 11) is 0. The summed E-state index contributed by atoms with van der Waals surface area (Å²) in [6.07, 6.45) is 2.89. The average Bonchev–Trinajstić information content (AvgIpc) is 2.89. The molecule has 0 spiro atoms. The summed E-state index contributed by atoms with van der Waals surface area (Å²) >= 11 is 5.74. The Labute approximate surface area is 109 Å². The summed E-state index contributed by atoms with van der Waals surface area (Å²) in [6.45, 7) is 0. The molecule has 0 aliphatic rings. The second-order valence-electron chi connectivity index (χ2n) is 3.52. The molecule has 0 saturated carbocycles. The second-order valence-corrected chi connectivity index (χ2v) is 3.96. The standard InChI is InChI=1S/C14H8ClNO2/c15-12-5-3-10(4-6-12)14(17)11(9-16)8-13-2-1-7-18-13/h1-8H/b11-8+. The van der Waals surface area contributed by atoms with Gasteiger partial charge in [0.2, 0.25) is 5.78 Å².